The highest BCUT2D eigenvalue weighted by Gasteiger charge is 2.10. The summed E-state index contributed by atoms with van der Waals surface area (Å²) in [4.78, 5) is 10.9. The molecule has 2 atom stereocenters. The lowest BCUT2D eigenvalue weighted by molar-refractivity contribution is -0.122. The van der Waals surface area contributed by atoms with Gasteiger partial charge in [0.1, 0.15) is 5.75 Å². The molecule has 0 bridgehead atoms. The molecule has 0 radical (unpaired) electrons. The molecule has 0 aliphatic heterocycles. The smallest absolute Gasteiger partial charge is 0.223 e. The maximum absolute atomic E-state index is 10.9. The quantitative estimate of drug-likeness (QED) is 0.776. The SMILES string of the molecule is CCC(NC)c1ccc(OCC(C)C(N)=O)cc1. The van der Waals surface area contributed by atoms with E-state index in [9.17, 15) is 4.79 Å². The van der Waals surface area contributed by atoms with Gasteiger partial charge in [0.25, 0.3) is 0 Å². The lowest BCUT2D eigenvalue weighted by atomic mass is 10.0. The Morgan fingerprint density at radius 3 is 2.44 bits per heavy atom. The average Bonchev–Trinajstić information content (AvgIpc) is 2.38. The van der Waals surface area contributed by atoms with E-state index in [0.29, 0.717) is 12.6 Å². The molecule has 0 aromatic heterocycles. The van der Waals surface area contributed by atoms with E-state index in [2.05, 4.69) is 12.2 Å². The van der Waals surface area contributed by atoms with E-state index >= 15 is 0 Å². The van der Waals surface area contributed by atoms with Crippen molar-refractivity contribution >= 4 is 5.91 Å². The summed E-state index contributed by atoms with van der Waals surface area (Å²) >= 11 is 0. The Hall–Kier alpha value is -1.55. The molecule has 0 saturated carbocycles. The molecule has 100 valence electrons. The normalized spacial score (nSPS) is 13.9. The van der Waals surface area contributed by atoms with Crippen LogP contribution in [0.1, 0.15) is 31.9 Å². The summed E-state index contributed by atoms with van der Waals surface area (Å²) in [7, 11) is 1.95. The van der Waals surface area contributed by atoms with Crippen LogP contribution in [0.5, 0.6) is 5.75 Å². The van der Waals surface area contributed by atoms with Gasteiger partial charge in [0.05, 0.1) is 12.5 Å². The molecule has 0 fully saturated rings. The van der Waals surface area contributed by atoms with Gasteiger partial charge in [0.15, 0.2) is 0 Å². The molecule has 0 saturated heterocycles. The number of hydrogen-bond donors (Lipinski definition) is 2. The summed E-state index contributed by atoms with van der Waals surface area (Å²) in [5, 5.41) is 3.25. The number of amides is 1. The largest absolute Gasteiger partial charge is 0.493 e. The standard InChI is InChI=1S/C14H22N2O2/c1-4-13(16-3)11-5-7-12(8-6-11)18-9-10(2)14(15)17/h5-8,10,13,16H,4,9H2,1-3H3,(H2,15,17). The van der Waals surface area contributed by atoms with Crippen molar-refractivity contribution in [3.63, 3.8) is 0 Å². The number of ether oxygens (including phenoxy) is 1. The first-order valence-corrected chi connectivity index (χ1v) is 6.27. The number of hydrogen-bond acceptors (Lipinski definition) is 3. The molecule has 0 aliphatic rings. The van der Waals surface area contributed by atoms with Crippen molar-refractivity contribution < 1.29 is 9.53 Å². The lowest BCUT2D eigenvalue weighted by Gasteiger charge is -2.15. The van der Waals surface area contributed by atoms with E-state index in [1.807, 2.05) is 31.3 Å². The Kier molecular flexibility index (Phi) is 5.65. The van der Waals surface area contributed by atoms with Crippen LogP contribution in [0.2, 0.25) is 0 Å². The number of carbonyl (C=O) groups is 1. The summed E-state index contributed by atoms with van der Waals surface area (Å²) in [5.41, 5.74) is 6.40. The Bertz CT molecular complexity index is 372. The van der Waals surface area contributed by atoms with Gasteiger partial charge in [-0.15, -0.1) is 0 Å². The van der Waals surface area contributed by atoms with Crippen LogP contribution in [-0.2, 0) is 4.79 Å². The molecule has 1 aromatic rings. The van der Waals surface area contributed by atoms with Gasteiger partial charge < -0.3 is 15.8 Å². The summed E-state index contributed by atoms with van der Waals surface area (Å²) in [5.74, 6) is 0.149. The second-order valence-corrected chi connectivity index (χ2v) is 4.43. The van der Waals surface area contributed by atoms with E-state index in [1.165, 1.54) is 5.56 Å². The van der Waals surface area contributed by atoms with E-state index in [1.54, 1.807) is 6.92 Å². The molecular weight excluding hydrogens is 228 g/mol. The number of primary amides is 1. The second-order valence-electron chi connectivity index (χ2n) is 4.43. The molecule has 0 aliphatic carbocycles. The van der Waals surface area contributed by atoms with Crippen LogP contribution < -0.4 is 15.8 Å². The van der Waals surface area contributed by atoms with Crippen LogP contribution in [0.25, 0.3) is 0 Å². The van der Waals surface area contributed by atoms with Crippen molar-refractivity contribution in [1.29, 1.82) is 0 Å². The van der Waals surface area contributed by atoms with Crippen molar-refractivity contribution in [3.05, 3.63) is 29.8 Å². The van der Waals surface area contributed by atoms with E-state index < -0.39 is 0 Å². The molecule has 18 heavy (non-hydrogen) atoms. The number of carbonyl (C=O) groups excluding carboxylic acids is 1. The van der Waals surface area contributed by atoms with Crippen LogP contribution in [0.15, 0.2) is 24.3 Å². The lowest BCUT2D eigenvalue weighted by Crippen LogP contribution is -2.25. The predicted octanol–water partition coefficient (Wildman–Crippen LogP) is 1.86. The fourth-order valence-corrected chi connectivity index (χ4v) is 1.71. The van der Waals surface area contributed by atoms with Crippen molar-refractivity contribution in [3.8, 4) is 5.75 Å². The van der Waals surface area contributed by atoms with Crippen LogP contribution >= 0.6 is 0 Å². The molecule has 3 N–H and O–H groups in total. The van der Waals surface area contributed by atoms with Crippen LogP contribution in [-0.4, -0.2) is 19.6 Å². The first kappa shape index (κ1) is 14.5. The molecule has 4 nitrogen and oxygen atoms in total. The minimum atomic E-state index is -0.340. The molecule has 1 aromatic carbocycles. The highest BCUT2D eigenvalue weighted by atomic mass is 16.5. The Labute approximate surface area is 109 Å². The zero-order chi connectivity index (χ0) is 13.5. The monoisotopic (exact) mass is 250 g/mol. The maximum Gasteiger partial charge on any atom is 0.223 e. The van der Waals surface area contributed by atoms with Crippen LogP contribution in [0.4, 0.5) is 0 Å². The summed E-state index contributed by atoms with van der Waals surface area (Å²) < 4.78 is 5.51. The van der Waals surface area contributed by atoms with Gasteiger partial charge in [-0.05, 0) is 31.2 Å². The highest BCUT2D eigenvalue weighted by molar-refractivity contribution is 5.76. The van der Waals surface area contributed by atoms with Crippen molar-refractivity contribution in [2.75, 3.05) is 13.7 Å². The van der Waals surface area contributed by atoms with Gasteiger partial charge in [-0.3, -0.25) is 4.79 Å². The summed E-state index contributed by atoms with van der Waals surface area (Å²) in [6, 6.07) is 8.28. The number of benzene rings is 1. The highest BCUT2D eigenvalue weighted by Crippen LogP contribution is 2.20. The third kappa shape index (κ3) is 4.04. The number of nitrogens with two attached hydrogens (primary N) is 1. The first-order valence-electron chi connectivity index (χ1n) is 6.27. The minimum absolute atomic E-state index is 0.273. The summed E-state index contributed by atoms with van der Waals surface area (Å²) in [6.45, 7) is 4.21. The van der Waals surface area contributed by atoms with E-state index in [0.717, 1.165) is 12.2 Å². The fraction of sp³-hybridized carbons (Fsp3) is 0.500. The average molecular weight is 250 g/mol. The van der Waals surface area contributed by atoms with E-state index in [4.69, 9.17) is 10.5 Å². The second kappa shape index (κ2) is 7.01. The molecule has 0 spiro atoms. The van der Waals surface area contributed by atoms with Gasteiger partial charge in [-0.25, -0.2) is 0 Å². The topological polar surface area (TPSA) is 64.3 Å². The predicted molar refractivity (Wildman–Crippen MR) is 72.4 cm³/mol. The molecule has 2 unspecified atom stereocenters. The van der Waals surface area contributed by atoms with Crippen LogP contribution in [0, 0.1) is 5.92 Å². The van der Waals surface area contributed by atoms with Gasteiger partial charge in [0, 0.05) is 6.04 Å². The number of rotatable bonds is 7. The zero-order valence-electron chi connectivity index (χ0n) is 11.3. The van der Waals surface area contributed by atoms with Crippen molar-refractivity contribution in [1.82, 2.24) is 5.32 Å². The van der Waals surface area contributed by atoms with Crippen molar-refractivity contribution in [2.45, 2.75) is 26.3 Å². The molecule has 4 heteroatoms. The maximum atomic E-state index is 10.9. The third-order valence-electron chi connectivity index (χ3n) is 3.02. The van der Waals surface area contributed by atoms with Crippen LogP contribution in [0.3, 0.4) is 0 Å². The Morgan fingerprint density at radius 2 is 2.00 bits per heavy atom. The first-order chi connectivity index (χ1) is 8.58. The summed E-state index contributed by atoms with van der Waals surface area (Å²) in [6.07, 6.45) is 1.04. The van der Waals surface area contributed by atoms with Gasteiger partial charge >= 0.3 is 0 Å². The Balaban J connectivity index is 2.57. The van der Waals surface area contributed by atoms with Gasteiger partial charge in [-0.2, -0.15) is 0 Å². The molecule has 0 heterocycles. The molecule has 1 amide bonds. The molecule has 1 rings (SSSR count). The number of nitrogens with one attached hydrogen (secondary N) is 1. The van der Waals surface area contributed by atoms with E-state index in [-0.39, 0.29) is 11.8 Å². The van der Waals surface area contributed by atoms with Crippen molar-refractivity contribution in [2.24, 2.45) is 11.7 Å². The van der Waals surface area contributed by atoms with Gasteiger partial charge in [-0.1, -0.05) is 26.0 Å². The Morgan fingerprint density at radius 1 is 1.39 bits per heavy atom. The van der Waals surface area contributed by atoms with Gasteiger partial charge in [0.2, 0.25) is 5.91 Å². The minimum Gasteiger partial charge on any atom is -0.493 e. The molecular formula is C14H22N2O2. The zero-order valence-corrected chi connectivity index (χ0v) is 11.3. The fourth-order valence-electron chi connectivity index (χ4n) is 1.71. The third-order valence-corrected chi connectivity index (χ3v) is 3.02.